The van der Waals surface area contributed by atoms with Crippen LogP contribution in [-0.4, -0.2) is 65.7 Å². The van der Waals surface area contributed by atoms with E-state index in [1.807, 2.05) is 0 Å². The van der Waals surface area contributed by atoms with Crippen LogP contribution in [0, 0.1) is 0 Å². The van der Waals surface area contributed by atoms with E-state index in [4.69, 9.17) is 23.6 Å². The number of aliphatic hydroxyl groups is 2. The lowest BCUT2D eigenvalue weighted by molar-refractivity contribution is -0.161. The normalized spacial score (nSPS) is 13.6. The van der Waals surface area contributed by atoms with Gasteiger partial charge in [0.15, 0.2) is 6.10 Å². The second-order valence-corrected chi connectivity index (χ2v) is 21.1. The fourth-order valence-corrected chi connectivity index (χ4v) is 9.32. The number of phosphoric acid groups is 1. The van der Waals surface area contributed by atoms with Crippen molar-refractivity contribution in [3.05, 3.63) is 12.2 Å². The Morgan fingerprint density at radius 3 is 1.12 bits per heavy atom. The molecule has 0 saturated heterocycles. The average Bonchev–Trinajstić information content (AvgIpc) is 3.32. The van der Waals surface area contributed by atoms with Crippen LogP contribution in [0.15, 0.2) is 12.2 Å². The van der Waals surface area contributed by atoms with Gasteiger partial charge in [-0.25, -0.2) is 4.57 Å². The number of unbranched alkanes of at least 4 members (excludes halogenated alkanes) is 39. The van der Waals surface area contributed by atoms with Crippen molar-refractivity contribution in [3.8, 4) is 0 Å². The highest BCUT2D eigenvalue weighted by Crippen LogP contribution is 2.43. The molecule has 10 nitrogen and oxygen atoms in total. The molecule has 0 aliphatic rings. The minimum absolute atomic E-state index is 0.186. The summed E-state index contributed by atoms with van der Waals surface area (Å²) >= 11 is 0. The van der Waals surface area contributed by atoms with Gasteiger partial charge >= 0.3 is 19.8 Å². The quantitative estimate of drug-likeness (QED) is 0.0233. The number of hydrogen-bond acceptors (Lipinski definition) is 9. The first-order valence-corrected chi connectivity index (χ1v) is 30.1. The number of hydrogen-bond donors (Lipinski definition) is 3. The van der Waals surface area contributed by atoms with Crippen LogP contribution in [0.2, 0.25) is 0 Å². The highest BCUT2D eigenvalue weighted by Gasteiger charge is 2.27. The number of phosphoric ester groups is 1. The van der Waals surface area contributed by atoms with Crippen molar-refractivity contribution in [1.82, 2.24) is 0 Å². The summed E-state index contributed by atoms with van der Waals surface area (Å²) in [5.74, 6) is -0.941. The second-order valence-electron chi connectivity index (χ2n) is 19.7. The maximum atomic E-state index is 12.7. The van der Waals surface area contributed by atoms with Gasteiger partial charge in [-0.1, -0.05) is 264 Å². The lowest BCUT2D eigenvalue weighted by Crippen LogP contribution is -2.29. The molecular formula is C56H109O10P. The summed E-state index contributed by atoms with van der Waals surface area (Å²) in [5.41, 5.74) is 0. The van der Waals surface area contributed by atoms with Crippen LogP contribution in [0.1, 0.15) is 296 Å². The molecule has 0 aromatic rings. The highest BCUT2D eigenvalue weighted by molar-refractivity contribution is 7.47. The van der Waals surface area contributed by atoms with E-state index in [1.165, 1.54) is 225 Å². The molecule has 0 aliphatic carbocycles. The molecule has 0 saturated carbocycles. The Kier molecular flexibility index (Phi) is 51.5. The van der Waals surface area contributed by atoms with E-state index in [9.17, 15) is 24.2 Å². The van der Waals surface area contributed by atoms with E-state index >= 15 is 0 Å². The number of carbonyl (C=O) groups excluding carboxylic acids is 2. The molecule has 0 fully saturated rings. The number of carbonyl (C=O) groups is 2. The smallest absolute Gasteiger partial charge is 0.462 e. The molecule has 0 bridgehead atoms. The molecule has 0 radical (unpaired) electrons. The number of allylic oxidation sites excluding steroid dienone is 2. The molecule has 3 atom stereocenters. The topological polar surface area (TPSA) is 149 Å². The van der Waals surface area contributed by atoms with Crippen LogP contribution in [0.3, 0.4) is 0 Å². The first-order chi connectivity index (χ1) is 32.7. The lowest BCUT2D eigenvalue weighted by Gasteiger charge is -2.20. The van der Waals surface area contributed by atoms with E-state index in [0.717, 1.165) is 32.1 Å². The molecule has 398 valence electrons. The third kappa shape index (κ3) is 52.4. The van der Waals surface area contributed by atoms with Crippen molar-refractivity contribution in [2.75, 3.05) is 26.4 Å². The van der Waals surface area contributed by atoms with Crippen LogP contribution < -0.4 is 0 Å². The van der Waals surface area contributed by atoms with E-state index in [0.29, 0.717) is 12.8 Å². The molecule has 3 N–H and O–H groups in total. The van der Waals surface area contributed by atoms with Crippen LogP contribution in [0.4, 0.5) is 0 Å². The van der Waals surface area contributed by atoms with Gasteiger partial charge in [-0.05, 0) is 32.1 Å². The van der Waals surface area contributed by atoms with Gasteiger partial charge in [-0.15, -0.1) is 0 Å². The summed E-state index contributed by atoms with van der Waals surface area (Å²) in [5, 5.41) is 18.4. The molecular weight excluding hydrogens is 864 g/mol. The molecule has 0 aromatic carbocycles. The van der Waals surface area contributed by atoms with Gasteiger partial charge in [0.2, 0.25) is 0 Å². The zero-order valence-corrected chi connectivity index (χ0v) is 44.8. The molecule has 0 aromatic heterocycles. The summed E-state index contributed by atoms with van der Waals surface area (Å²) in [6.45, 7) is 2.43. The van der Waals surface area contributed by atoms with E-state index in [1.54, 1.807) is 0 Å². The largest absolute Gasteiger partial charge is 0.472 e. The first-order valence-electron chi connectivity index (χ1n) is 28.6. The number of aliphatic hydroxyl groups excluding tert-OH is 2. The van der Waals surface area contributed by atoms with Gasteiger partial charge < -0.3 is 24.6 Å². The fraction of sp³-hybridized carbons (Fsp3) is 0.929. The summed E-state index contributed by atoms with van der Waals surface area (Å²) in [7, 11) is -4.63. The maximum absolute atomic E-state index is 12.7. The molecule has 0 rings (SSSR count). The Labute approximate surface area is 413 Å². The molecule has 0 aliphatic heterocycles. The Morgan fingerprint density at radius 2 is 0.746 bits per heavy atom. The molecule has 0 spiro atoms. The van der Waals surface area contributed by atoms with Gasteiger partial charge in [-0.3, -0.25) is 18.6 Å². The number of rotatable bonds is 55. The van der Waals surface area contributed by atoms with Gasteiger partial charge in [0, 0.05) is 12.8 Å². The van der Waals surface area contributed by atoms with Crippen molar-refractivity contribution in [1.29, 1.82) is 0 Å². The number of esters is 2. The molecule has 1 unspecified atom stereocenters. The minimum atomic E-state index is -4.63. The highest BCUT2D eigenvalue weighted by atomic mass is 31.2. The van der Waals surface area contributed by atoms with Crippen molar-refractivity contribution < 1.29 is 47.8 Å². The van der Waals surface area contributed by atoms with Crippen molar-refractivity contribution >= 4 is 19.8 Å². The molecule has 0 heterocycles. The van der Waals surface area contributed by atoms with Crippen LogP contribution >= 0.6 is 7.82 Å². The standard InChI is InChI=1S/C56H109O10P/c1-3-5-7-9-11-13-15-17-19-21-23-25-26-28-29-31-33-35-37-39-41-43-45-47-55(59)63-51-54(52-65-67(61,62)64-50-53(58)49-57)66-56(60)48-46-44-42-40-38-36-34-32-30-27-24-22-20-18-16-14-12-10-8-6-4-2/h39,41,53-54,57-58H,3-38,40,42-52H2,1-2H3,(H,61,62)/b41-39+/t53-,54+/m0/s1. The van der Waals surface area contributed by atoms with Gasteiger partial charge in [0.05, 0.1) is 19.8 Å². The average molecular weight is 973 g/mol. The Morgan fingerprint density at radius 1 is 0.433 bits per heavy atom. The van der Waals surface area contributed by atoms with Crippen LogP contribution in [-0.2, 0) is 32.7 Å². The van der Waals surface area contributed by atoms with E-state index in [-0.39, 0.29) is 19.4 Å². The van der Waals surface area contributed by atoms with Crippen molar-refractivity contribution in [2.24, 2.45) is 0 Å². The summed E-state index contributed by atoms with van der Waals surface area (Å²) < 4.78 is 32.9. The van der Waals surface area contributed by atoms with E-state index in [2.05, 4.69) is 26.0 Å². The third-order valence-corrected chi connectivity index (χ3v) is 13.9. The zero-order chi connectivity index (χ0) is 49.0. The first kappa shape index (κ1) is 65.7. The lowest BCUT2D eigenvalue weighted by atomic mass is 10.0. The Bertz CT molecular complexity index is 1120. The molecule has 67 heavy (non-hydrogen) atoms. The predicted octanol–water partition coefficient (Wildman–Crippen LogP) is 16.7. The molecule has 0 amide bonds. The van der Waals surface area contributed by atoms with Gasteiger partial charge in [0.25, 0.3) is 0 Å². The summed E-state index contributed by atoms with van der Waals surface area (Å²) in [6, 6.07) is 0. The second kappa shape index (κ2) is 52.5. The van der Waals surface area contributed by atoms with Gasteiger partial charge in [0.1, 0.15) is 12.7 Å². The predicted molar refractivity (Wildman–Crippen MR) is 279 cm³/mol. The monoisotopic (exact) mass is 973 g/mol. The van der Waals surface area contributed by atoms with Crippen LogP contribution in [0.25, 0.3) is 0 Å². The Hall–Kier alpha value is -1.29. The van der Waals surface area contributed by atoms with Crippen molar-refractivity contribution in [2.45, 2.75) is 309 Å². The van der Waals surface area contributed by atoms with E-state index < -0.39 is 51.8 Å². The fourth-order valence-electron chi connectivity index (χ4n) is 8.53. The Balaban J connectivity index is 4.09. The summed E-state index contributed by atoms with van der Waals surface area (Å²) in [4.78, 5) is 35.3. The third-order valence-electron chi connectivity index (χ3n) is 12.9. The zero-order valence-electron chi connectivity index (χ0n) is 43.9. The SMILES string of the molecule is CCCCCCCCCCCCCCCCCCCC/C=C/CCCC(=O)OC[C@H](COP(=O)(O)OC[C@@H](O)CO)OC(=O)CCCCCCCCCCCCCCCCCCCCCCC. The summed E-state index contributed by atoms with van der Waals surface area (Å²) in [6.07, 6.45) is 56.3. The molecule has 11 heteroatoms. The minimum Gasteiger partial charge on any atom is -0.462 e. The van der Waals surface area contributed by atoms with Crippen molar-refractivity contribution in [3.63, 3.8) is 0 Å². The number of ether oxygens (including phenoxy) is 2. The van der Waals surface area contributed by atoms with Crippen LogP contribution in [0.5, 0.6) is 0 Å². The maximum Gasteiger partial charge on any atom is 0.472 e. The van der Waals surface area contributed by atoms with Gasteiger partial charge in [-0.2, -0.15) is 0 Å².